The van der Waals surface area contributed by atoms with E-state index in [1.165, 1.54) is 15.9 Å². The van der Waals surface area contributed by atoms with Crippen LogP contribution in [0.3, 0.4) is 0 Å². The maximum absolute atomic E-state index is 4.81. The van der Waals surface area contributed by atoms with Crippen LogP contribution in [0.15, 0.2) is 91.0 Å². The molecule has 0 aromatic heterocycles. The Hall–Kier alpha value is 0.969. The van der Waals surface area contributed by atoms with Crippen LogP contribution < -0.4 is 67.3 Å². The Labute approximate surface area is 198 Å². The molecular formula is C18H16Cl2KPPd+2. The molecule has 0 saturated heterocycles. The van der Waals surface area contributed by atoms with Gasteiger partial charge < -0.3 is 0 Å². The molecule has 116 valence electrons. The molecule has 0 amide bonds. The SMILES string of the molecule is [Cl][Pd][Cl].[K+].c1ccc([PH+](c2ccccc2)c2ccccc2)cc1. The average Bonchev–Trinajstić information content (AvgIpc) is 2.59. The summed E-state index contributed by atoms with van der Waals surface area (Å²) >= 11 is -0.106. The first-order valence-corrected chi connectivity index (χ1v) is 12.2. The van der Waals surface area contributed by atoms with E-state index in [1.807, 2.05) is 0 Å². The van der Waals surface area contributed by atoms with E-state index in [9.17, 15) is 0 Å². The van der Waals surface area contributed by atoms with Gasteiger partial charge in [-0.1, -0.05) is 54.6 Å². The molecule has 23 heavy (non-hydrogen) atoms. The van der Waals surface area contributed by atoms with Crippen molar-refractivity contribution in [2.45, 2.75) is 0 Å². The molecule has 0 aliphatic carbocycles. The molecule has 5 heteroatoms. The van der Waals surface area contributed by atoms with Crippen molar-refractivity contribution in [2.75, 3.05) is 0 Å². The van der Waals surface area contributed by atoms with E-state index in [2.05, 4.69) is 91.0 Å². The van der Waals surface area contributed by atoms with Crippen molar-refractivity contribution in [1.29, 1.82) is 0 Å². The second kappa shape index (κ2) is 13.2. The van der Waals surface area contributed by atoms with Gasteiger partial charge in [0.15, 0.2) is 0 Å². The number of hydrogen-bond acceptors (Lipinski definition) is 0. The number of halogens is 2. The first-order chi connectivity index (χ1) is 10.9. The second-order valence-electron chi connectivity index (χ2n) is 4.52. The zero-order valence-electron chi connectivity index (χ0n) is 12.7. The summed E-state index contributed by atoms with van der Waals surface area (Å²) in [6.07, 6.45) is 0. The van der Waals surface area contributed by atoms with Crippen LogP contribution in [0, 0.1) is 0 Å². The molecule has 0 aliphatic rings. The molecule has 3 aromatic rings. The monoisotopic (exact) mass is 478 g/mol. The second-order valence-corrected chi connectivity index (χ2v) is 9.36. The zero-order chi connectivity index (χ0) is 15.6. The van der Waals surface area contributed by atoms with Gasteiger partial charge in [0.05, 0.1) is 7.92 Å². The van der Waals surface area contributed by atoms with Crippen molar-refractivity contribution < 1.29 is 67.3 Å². The predicted octanol–water partition coefficient (Wildman–Crippen LogP) is 1.56. The summed E-state index contributed by atoms with van der Waals surface area (Å²) in [6.45, 7) is 0. The minimum Gasteiger partial charge on any atom is -0.0620 e. The topological polar surface area (TPSA) is 0 Å². The summed E-state index contributed by atoms with van der Waals surface area (Å²) in [6, 6.07) is 32.5. The third-order valence-corrected chi connectivity index (χ3v) is 5.92. The molecule has 0 saturated carbocycles. The number of hydrogen-bond donors (Lipinski definition) is 0. The number of rotatable bonds is 3. The Bertz CT molecular complexity index is 560. The van der Waals surface area contributed by atoms with Crippen LogP contribution in [-0.2, 0) is 15.9 Å². The molecule has 3 rings (SSSR count). The smallest absolute Gasteiger partial charge is 0.0620 e. The Morgan fingerprint density at radius 1 is 0.522 bits per heavy atom. The normalized spacial score (nSPS) is 9.70. The first-order valence-electron chi connectivity index (χ1n) is 6.72. The Balaban J connectivity index is 0.000000615. The molecule has 0 fully saturated rings. The molecule has 0 unspecified atom stereocenters. The van der Waals surface area contributed by atoms with Gasteiger partial charge in [0, 0.05) is 0 Å². The van der Waals surface area contributed by atoms with Crippen LogP contribution in [0.2, 0.25) is 0 Å². The summed E-state index contributed by atoms with van der Waals surface area (Å²) in [5.74, 6) is 0. The molecule has 3 aromatic carbocycles. The van der Waals surface area contributed by atoms with E-state index in [-0.39, 0.29) is 67.3 Å². The minimum absolute atomic E-state index is 0. The maximum Gasteiger partial charge on any atom is 1.00 e. The summed E-state index contributed by atoms with van der Waals surface area (Å²) in [5.41, 5.74) is 0. The molecule has 0 N–H and O–H groups in total. The molecule has 0 aliphatic heterocycles. The summed E-state index contributed by atoms with van der Waals surface area (Å²) in [5, 5.41) is 4.31. The van der Waals surface area contributed by atoms with Gasteiger partial charge in [-0.05, 0) is 36.4 Å². The summed E-state index contributed by atoms with van der Waals surface area (Å²) in [4.78, 5) is 0. The van der Waals surface area contributed by atoms with Gasteiger partial charge in [-0.2, -0.15) is 0 Å². The van der Waals surface area contributed by atoms with Gasteiger partial charge in [0.1, 0.15) is 15.9 Å². The standard InChI is InChI=1S/C18H15P.2ClH.K.Pd/c1-4-10-16(11-5-1)19(17-12-6-2-7-13-17)18-14-8-3-9-15-18;;;;/h1-15H;2*1H;;/q;;;+1;+2/p-1. The van der Waals surface area contributed by atoms with Crippen molar-refractivity contribution in [3.63, 3.8) is 0 Å². The van der Waals surface area contributed by atoms with Gasteiger partial charge in [-0.3, -0.25) is 0 Å². The van der Waals surface area contributed by atoms with Crippen molar-refractivity contribution in [1.82, 2.24) is 0 Å². The van der Waals surface area contributed by atoms with Crippen LogP contribution in [0.5, 0.6) is 0 Å². The van der Waals surface area contributed by atoms with Crippen molar-refractivity contribution in [3.8, 4) is 0 Å². The third-order valence-electron chi connectivity index (χ3n) is 3.19. The minimum atomic E-state index is -0.877. The Kier molecular flexibility index (Phi) is 12.6. The van der Waals surface area contributed by atoms with Crippen LogP contribution in [0.25, 0.3) is 0 Å². The molecule has 0 nitrogen and oxygen atoms in total. The average molecular weight is 480 g/mol. The van der Waals surface area contributed by atoms with Gasteiger partial charge in [0.25, 0.3) is 0 Å². The number of benzene rings is 3. The molecule has 0 atom stereocenters. The molecule has 0 spiro atoms. The quantitative estimate of drug-likeness (QED) is 0.395. The van der Waals surface area contributed by atoms with Crippen molar-refractivity contribution >= 4 is 42.9 Å². The summed E-state index contributed by atoms with van der Waals surface area (Å²) < 4.78 is 0. The molecule has 0 bridgehead atoms. The maximum atomic E-state index is 4.81. The van der Waals surface area contributed by atoms with Crippen LogP contribution >= 0.6 is 27.0 Å². The van der Waals surface area contributed by atoms with Gasteiger partial charge in [-0.25, -0.2) is 0 Å². The third kappa shape index (κ3) is 7.39. The first kappa shape index (κ1) is 22.0. The molecule has 0 heterocycles. The fourth-order valence-electron chi connectivity index (χ4n) is 2.31. The van der Waals surface area contributed by atoms with E-state index >= 15 is 0 Å². The van der Waals surface area contributed by atoms with E-state index in [1.54, 1.807) is 0 Å². The van der Waals surface area contributed by atoms with Gasteiger partial charge in [-0.15, -0.1) is 0 Å². The van der Waals surface area contributed by atoms with E-state index < -0.39 is 7.92 Å². The van der Waals surface area contributed by atoms with Crippen molar-refractivity contribution in [2.24, 2.45) is 0 Å². The Morgan fingerprint density at radius 3 is 0.957 bits per heavy atom. The van der Waals surface area contributed by atoms with Crippen molar-refractivity contribution in [3.05, 3.63) is 91.0 Å². The summed E-state index contributed by atoms with van der Waals surface area (Å²) in [7, 11) is 8.75. The molecule has 0 radical (unpaired) electrons. The fourth-order valence-corrected chi connectivity index (χ4v) is 4.89. The van der Waals surface area contributed by atoms with E-state index in [0.29, 0.717) is 0 Å². The largest absolute Gasteiger partial charge is 1.00 e. The van der Waals surface area contributed by atoms with E-state index in [4.69, 9.17) is 19.1 Å². The van der Waals surface area contributed by atoms with Gasteiger partial charge >= 0.3 is 86.4 Å². The van der Waals surface area contributed by atoms with Crippen LogP contribution in [0.1, 0.15) is 0 Å². The Morgan fingerprint density at radius 2 is 0.739 bits per heavy atom. The van der Waals surface area contributed by atoms with Gasteiger partial charge in [0.2, 0.25) is 0 Å². The zero-order valence-corrected chi connectivity index (χ0v) is 19.9. The van der Waals surface area contributed by atoms with E-state index in [0.717, 1.165) is 0 Å². The fraction of sp³-hybridized carbons (Fsp3) is 0. The van der Waals surface area contributed by atoms with Crippen LogP contribution in [-0.4, -0.2) is 0 Å². The molecular weight excluding hydrogens is 464 g/mol. The predicted molar refractivity (Wildman–Crippen MR) is 98.2 cm³/mol. The van der Waals surface area contributed by atoms with Crippen LogP contribution in [0.4, 0.5) is 0 Å².